The van der Waals surface area contributed by atoms with Crippen LogP contribution in [0.2, 0.25) is 5.02 Å². The summed E-state index contributed by atoms with van der Waals surface area (Å²) in [6.45, 7) is 0. The van der Waals surface area contributed by atoms with Crippen molar-refractivity contribution in [1.29, 1.82) is 0 Å². The van der Waals surface area contributed by atoms with E-state index in [0.29, 0.717) is 11.4 Å². The smallest absolute Gasteiger partial charge is 0.326 e. The van der Waals surface area contributed by atoms with Crippen LogP contribution in [0.1, 0.15) is 5.56 Å². The van der Waals surface area contributed by atoms with Crippen molar-refractivity contribution in [3.05, 3.63) is 28.8 Å². The van der Waals surface area contributed by atoms with Crippen LogP contribution in [0.15, 0.2) is 18.2 Å². The van der Waals surface area contributed by atoms with Gasteiger partial charge in [0.15, 0.2) is 0 Å². The Kier molecular flexibility index (Phi) is 3.24. The molecule has 0 radical (unpaired) electrons. The van der Waals surface area contributed by atoms with Crippen molar-refractivity contribution in [2.75, 3.05) is 5.32 Å². The highest BCUT2D eigenvalue weighted by Gasteiger charge is 2.25. The average Bonchev–Trinajstić information content (AvgIpc) is 2.46. The molecule has 1 aromatic rings. The van der Waals surface area contributed by atoms with Gasteiger partial charge in [-0.3, -0.25) is 0 Å². The van der Waals surface area contributed by atoms with Crippen LogP contribution in [0, 0.1) is 0 Å². The van der Waals surface area contributed by atoms with E-state index in [9.17, 15) is 4.79 Å². The fraction of sp³-hybridized carbons (Fsp3) is 0.222. The van der Waals surface area contributed by atoms with Gasteiger partial charge in [0.2, 0.25) is 0 Å². The topological polar surface area (TPSA) is 49.3 Å². The first-order chi connectivity index (χ1) is 6.16. The lowest BCUT2D eigenvalue weighted by Crippen LogP contribution is -2.26. The first-order valence-electron chi connectivity index (χ1n) is 3.94. The number of hydrogen-bond acceptors (Lipinski definition) is 2. The highest BCUT2D eigenvalue weighted by Crippen LogP contribution is 2.28. The van der Waals surface area contributed by atoms with Crippen molar-refractivity contribution in [1.82, 2.24) is 0 Å². The second-order valence-corrected chi connectivity index (χ2v) is 3.48. The predicted molar refractivity (Wildman–Crippen MR) is 57.5 cm³/mol. The Morgan fingerprint density at radius 3 is 2.93 bits per heavy atom. The SMILES string of the molecule is Cl.O=C(O)C1Cc2cc(Cl)ccc2N1. The van der Waals surface area contributed by atoms with Crippen LogP contribution in [0.25, 0.3) is 0 Å². The van der Waals surface area contributed by atoms with Gasteiger partial charge < -0.3 is 10.4 Å². The summed E-state index contributed by atoms with van der Waals surface area (Å²) >= 11 is 5.78. The normalized spacial score (nSPS) is 17.9. The maximum absolute atomic E-state index is 10.7. The number of rotatable bonds is 1. The molecule has 0 aliphatic carbocycles. The van der Waals surface area contributed by atoms with Crippen molar-refractivity contribution in [2.45, 2.75) is 12.5 Å². The lowest BCUT2D eigenvalue weighted by molar-refractivity contribution is -0.137. The zero-order valence-corrected chi connectivity index (χ0v) is 8.73. The summed E-state index contributed by atoms with van der Waals surface area (Å²) in [6.07, 6.45) is 0.505. The van der Waals surface area contributed by atoms with Crippen molar-refractivity contribution >= 4 is 35.7 Å². The molecule has 0 amide bonds. The molecule has 0 saturated heterocycles. The van der Waals surface area contributed by atoms with Crippen molar-refractivity contribution in [3.63, 3.8) is 0 Å². The highest BCUT2D eigenvalue weighted by molar-refractivity contribution is 6.30. The van der Waals surface area contributed by atoms with E-state index in [0.717, 1.165) is 11.3 Å². The van der Waals surface area contributed by atoms with Gasteiger partial charge >= 0.3 is 5.97 Å². The molecule has 1 aliphatic heterocycles. The largest absolute Gasteiger partial charge is 0.480 e. The number of carbonyl (C=O) groups is 1. The number of carboxylic acids is 1. The lowest BCUT2D eigenvalue weighted by Gasteiger charge is -2.03. The molecule has 0 bridgehead atoms. The van der Waals surface area contributed by atoms with Gasteiger partial charge in [0.25, 0.3) is 0 Å². The summed E-state index contributed by atoms with van der Waals surface area (Å²) in [5, 5.41) is 12.3. The second kappa shape index (κ2) is 4.07. The lowest BCUT2D eigenvalue weighted by atomic mass is 10.1. The first kappa shape index (κ1) is 11.1. The second-order valence-electron chi connectivity index (χ2n) is 3.04. The molecule has 2 N–H and O–H groups in total. The number of nitrogens with one attached hydrogen (secondary N) is 1. The summed E-state index contributed by atoms with van der Waals surface area (Å²) in [5.74, 6) is -0.827. The molecule has 5 heteroatoms. The molecule has 0 spiro atoms. The van der Waals surface area contributed by atoms with Crippen molar-refractivity contribution in [2.24, 2.45) is 0 Å². The van der Waals surface area contributed by atoms with Gasteiger partial charge in [0.1, 0.15) is 6.04 Å². The maximum Gasteiger partial charge on any atom is 0.326 e. The molecule has 1 atom stereocenters. The molecule has 1 unspecified atom stereocenters. The Bertz CT molecular complexity index is 368. The maximum atomic E-state index is 10.7. The number of hydrogen-bond donors (Lipinski definition) is 2. The van der Waals surface area contributed by atoms with Gasteiger partial charge in [0.05, 0.1) is 0 Å². The standard InChI is InChI=1S/C9H8ClNO2.ClH/c10-6-1-2-7-5(3-6)4-8(11-7)9(12)13;/h1-3,8,11H,4H2,(H,12,13);1H. The summed E-state index contributed by atoms with van der Waals surface area (Å²) in [5.41, 5.74) is 1.84. The molecular weight excluding hydrogens is 225 g/mol. The fourth-order valence-corrected chi connectivity index (χ4v) is 1.67. The molecule has 0 aromatic heterocycles. The molecule has 1 heterocycles. The molecule has 1 aromatic carbocycles. The minimum absolute atomic E-state index is 0. The predicted octanol–water partition coefficient (Wildman–Crippen LogP) is 2.18. The van der Waals surface area contributed by atoms with Crippen LogP contribution in [-0.4, -0.2) is 17.1 Å². The zero-order chi connectivity index (χ0) is 9.42. The molecule has 14 heavy (non-hydrogen) atoms. The highest BCUT2D eigenvalue weighted by atomic mass is 35.5. The first-order valence-corrected chi connectivity index (χ1v) is 4.32. The average molecular weight is 234 g/mol. The van der Waals surface area contributed by atoms with Gasteiger partial charge in [-0.1, -0.05) is 11.6 Å². The Labute approximate surface area is 92.5 Å². The van der Waals surface area contributed by atoms with Gasteiger partial charge in [0, 0.05) is 17.1 Å². The Hall–Kier alpha value is -0.930. The summed E-state index contributed by atoms with van der Waals surface area (Å²) in [4.78, 5) is 10.7. The van der Waals surface area contributed by atoms with Gasteiger partial charge in [-0.15, -0.1) is 12.4 Å². The quantitative estimate of drug-likeness (QED) is 0.782. The summed E-state index contributed by atoms with van der Waals surface area (Å²) in [7, 11) is 0. The van der Waals surface area contributed by atoms with Crippen LogP contribution < -0.4 is 5.32 Å². The van der Waals surface area contributed by atoms with Gasteiger partial charge in [-0.25, -0.2) is 4.79 Å². The monoisotopic (exact) mass is 233 g/mol. The number of aliphatic carboxylic acids is 1. The molecule has 3 nitrogen and oxygen atoms in total. The Morgan fingerprint density at radius 2 is 2.29 bits per heavy atom. The number of carboxylic acid groups (broad SMARTS) is 1. The molecular formula is C9H9Cl2NO2. The van der Waals surface area contributed by atoms with Crippen LogP contribution in [0.4, 0.5) is 5.69 Å². The van der Waals surface area contributed by atoms with Gasteiger partial charge in [-0.05, 0) is 23.8 Å². The van der Waals surface area contributed by atoms with Crippen molar-refractivity contribution < 1.29 is 9.90 Å². The third kappa shape index (κ3) is 1.94. The summed E-state index contributed by atoms with van der Waals surface area (Å²) in [6, 6.07) is 4.85. The Balaban J connectivity index is 0.000000980. The van der Waals surface area contributed by atoms with E-state index in [1.165, 1.54) is 0 Å². The molecule has 1 aliphatic rings. The van der Waals surface area contributed by atoms with Crippen LogP contribution in [-0.2, 0) is 11.2 Å². The van der Waals surface area contributed by atoms with Crippen molar-refractivity contribution in [3.8, 4) is 0 Å². The van der Waals surface area contributed by atoms with Gasteiger partial charge in [-0.2, -0.15) is 0 Å². The van der Waals surface area contributed by atoms with E-state index >= 15 is 0 Å². The Morgan fingerprint density at radius 1 is 1.57 bits per heavy atom. The zero-order valence-electron chi connectivity index (χ0n) is 7.16. The molecule has 0 saturated carbocycles. The van der Waals surface area contributed by atoms with E-state index in [1.807, 2.05) is 0 Å². The third-order valence-corrected chi connectivity index (χ3v) is 2.35. The van der Waals surface area contributed by atoms with Crippen LogP contribution >= 0.6 is 24.0 Å². The van der Waals surface area contributed by atoms with E-state index < -0.39 is 12.0 Å². The van der Waals surface area contributed by atoms with E-state index in [4.69, 9.17) is 16.7 Å². The van der Waals surface area contributed by atoms with E-state index in [2.05, 4.69) is 5.32 Å². The van der Waals surface area contributed by atoms with E-state index in [1.54, 1.807) is 18.2 Å². The minimum atomic E-state index is -0.827. The van der Waals surface area contributed by atoms with Crippen LogP contribution in [0.5, 0.6) is 0 Å². The number of fused-ring (bicyclic) bond motifs is 1. The third-order valence-electron chi connectivity index (χ3n) is 2.12. The number of anilines is 1. The van der Waals surface area contributed by atoms with E-state index in [-0.39, 0.29) is 12.4 Å². The molecule has 2 rings (SSSR count). The van der Waals surface area contributed by atoms with Crippen LogP contribution in [0.3, 0.4) is 0 Å². The molecule has 0 fully saturated rings. The minimum Gasteiger partial charge on any atom is -0.480 e. The summed E-state index contributed by atoms with van der Waals surface area (Å²) < 4.78 is 0. The number of benzene rings is 1. The fourth-order valence-electron chi connectivity index (χ4n) is 1.48. The number of halogens is 2. The molecule has 76 valence electrons.